The standard InChI is InChI=1S/C20H22N4O2/c1-3-16-12-8-9-13-17(16)24-21-18(20(25)26)19(22-24)23(4-2)14-15-10-6-5-7-11-15/h5-13H,3-4,14H2,1-2H3,(H,25,26). The molecule has 0 spiro atoms. The zero-order valence-electron chi connectivity index (χ0n) is 15.0. The number of hydrogen-bond donors (Lipinski definition) is 1. The molecule has 6 heteroatoms. The van der Waals surface area contributed by atoms with Crippen molar-refractivity contribution in [1.82, 2.24) is 15.0 Å². The summed E-state index contributed by atoms with van der Waals surface area (Å²) in [6.45, 7) is 5.23. The van der Waals surface area contributed by atoms with Crippen LogP contribution in [-0.4, -0.2) is 32.6 Å². The average Bonchev–Trinajstić information content (AvgIpc) is 3.12. The van der Waals surface area contributed by atoms with E-state index in [-0.39, 0.29) is 5.69 Å². The van der Waals surface area contributed by atoms with Gasteiger partial charge in [-0.05, 0) is 30.5 Å². The number of nitrogens with zero attached hydrogens (tertiary/aromatic N) is 4. The van der Waals surface area contributed by atoms with Gasteiger partial charge in [-0.1, -0.05) is 55.5 Å². The molecule has 1 N–H and O–H groups in total. The fraction of sp³-hybridized carbons (Fsp3) is 0.250. The first-order chi connectivity index (χ1) is 12.6. The van der Waals surface area contributed by atoms with Crippen LogP contribution in [0.4, 0.5) is 5.82 Å². The molecule has 134 valence electrons. The monoisotopic (exact) mass is 350 g/mol. The summed E-state index contributed by atoms with van der Waals surface area (Å²) in [5.74, 6) is -0.693. The largest absolute Gasteiger partial charge is 0.476 e. The highest BCUT2D eigenvalue weighted by Gasteiger charge is 2.23. The molecule has 0 aliphatic carbocycles. The lowest BCUT2D eigenvalue weighted by Crippen LogP contribution is -2.24. The number of para-hydroxylation sites is 1. The highest BCUT2D eigenvalue weighted by Crippen LogP contribution is 2.22. The van der Waals surface area contributed by atoms with Crippen LogP contribution in [0.1, 0.15) is 35.5 Å². The van der Waals surface area contributed by atoms with Gasteiger partial charge in [0.1, 0.15) is 0 Å². The Morgan fingerprint density at radius 2 is 1.73 bits per heavy atom. The number of aromatic carboxylic acids is 1. The Morgan fingerprint density at radius 3 is 2.38 bits per heavy atom. The first kappa shape index (κ1) is 17.7. The Bertz CT molecular complexity index is 890. The van der Waals surface area contributed by atoms with Gasteiger partial charge >= 0.3 is 5.97 Å². The Balaban J connectivity index is 2.03. The fourth-order valence-electron chi connectivity index (χ4n) is 2.90. The minimum absolute atomic E-state index is 0.0336. The maximum Gasteiger partial charge on any atom is 0.360 e. The average molecular weight is 350 g/mol. The number of carboxylic acid groups (broad SMARTS) is 1. The zero-order valence-corrected chi connectivity index (χ0v) is 15.0. The van der Waals surface area contributed by atoms with Crippen molar-refractivity contribution in [2.75, 3.05) is 11.4 Å². The highest BCUT2D eigenvalue weighted by molar-refractivity contribution is 5.91. The normalized spacial score (nSPS) is 10.7. The molecule has 26 heavy (non-hydrogen) atoms. The molecule has 0 amide bonds. The summed E-state index contributed by atoms with van der Waals surface area (Å²) in [7, 11) is 0. The van der Waals surface area contributed by atoms with Gasteiger partial charge in [0.2, 0.25) is 5.69 Å². The van der Waals surface area contributed by atoms with E-state index in [0.29, 0.717) is 18.9 Å². The number of rotatable bonds is 7. The van der Waals surface area contributed by atoms with Gasteiger partial charge in [0, 0.05) is 13.1 Å². The molecule has 3 rings (SSSR count). The van der Waals surface area contributed by atoms with E-state index < -0.39 is 5.97 Å². The van der Waals surface area contributed by atoms with Gasteiger partial charge in [-0.25, -0.2) is 4.79 Å². The number of aryl methyl sites for hydroxylation is 1. The van der Waals surface area contributed by atoms with Crippen LogP contribution in [0.25, 0.3) is 5.69 Å². The molecule has 0 unspecified atom stereocenters. The van der Waals surface area contributed by atoms with Gasteiger partial charge in [-0.3, -0.25) is 0 Å². The summed E-state index contributed by atoms with van der Waals surface area (Å²) in [6.07, 6.45) is 0.816. The van der Waals surface area contributed by atoms with Crippen molar-refractivity contribution in [3.8, 4) is 5.69 Å². The lowest BCUT2D eigenvalue weighted by molar-refractivity contribution is 0.0690. The van der Waals surface area contributed by atoms with Crippen LogP contribution >= 0.6 is 0 Å². The molecule has 0 saturated heterocycles. The minimum Gasteiger partial charge on any atom is -0.476 e. The Labute approximate surface area is 152 Å². The molecule has 6 nitrogen and oxygen atoms in total. The Morgan fingerprint density at radius 1 is 1.04 bits per heavy atom. The molecule has 0 radical (unpaired) electrons. The summed E-state index contributed by atoms with van der Waals surface area (Å²) in [6, 6.07) is 17.7. The van der Waals surface area contributed by atoms with Crippen molar-refractivity contribution in [3.63, 3.8) is 0 Å². The second-order valence-electron chi connectivity index (χ2n) is 5.95. The van der Waals surface area contributed by atoms with E-state index in [4.69, 9.17) is 0 Å². The lowest BCUT2D eigenvalue weighted by atomic mass is 10.1. The second kappa shape index (κ2) is 7.82. The molecule has 0 bridgehead atoms. The van der Waals surface area contributed by atoms with E-state index in [1.165, 1.54) is 4.80 Å². The topological polar surface area (TPSA) is 71.2 Å². The van der Waals surface area contributed by atoms with Crippen molar-refractivity contribution in [2.24, 2.45) is 0 Å². The molecule has 1 aromatic heterocycles. The van der Waals surface area contributed by atoms with Gasteiger partial charge in [0.25, 0.3) is 0 Å². The third-order valence-electron chi connectivity index (χ3n) is 4.28. The first-order valence-corrected chi connectivity index (χ1v) is 8.71. The summed E-state index contributed by atoms with van der Waals surface area (Å²) < 4.78 is 0. The van der Waals surface area contributed by atoms with E-state index in [1.807, 2.05) is 66.4 Å². The van der Waals surface area contributed by atoms with Crippen molar-refractivity contribution in [3.05, 3.63) is 71.4 Å². The van der Waals surface area contributed by atoms with Crippen molar-refractivity contribution in [1.29, 1.82) is 0 Å². The van der Waals surface area contributed by atoms with Crippen LogP contribution in [0.15, 0.2) is 54.6 Å². The van der Waals surface area contributed by atoms with Crippen LogP contribution < -0.4 is 4.90 Å². The molecule has 0 aliphatic heterocycles. The second-order valence-corrected chi connectivity index (χ2v) is 5.95. The van der Waals surface area contributed by atoms with Crippen LogP contribution in [0.5, 0.6) is 0 Å². The third-order valence-corrected chi connectivity index (χ3v) is 4.28. The molecule has 2 aromatic carbocycles. The fourth-order valence-corrected chi connectivity index (χ4v) is 2.90. The third kappa shape index (κ3) is 3.59. The van der Waals surface area contributed by atoms with E-state index in [9.17, 15) is 9.90 Å². The number of hydrogen-bond acceptors (Lipinski definition) is 4. The number of anilines is 1. The van der Waals surface area contributed by atoms with E-state index >= 15 is 0 Å². The quantitative estimate of drug-likeness (QED) is 0.705. The Kier molecular flexibility index (Phi) is 5.31. The lowest BCUT2D eigenvalue weighted by Gasteiger charge is -2.20. The predicted octanol–water partition coefficient (Wildman–Crippen LogP) is 3.55. The number of aromatic nitrogens is 3. The molecule has 0 fully saturated rings. The summed E-state index contributed by atoms with van der Waals surface area (Å²) in [5, 5.41) is 18.4. The molecule has 3 aromatic rings. The van der Waals surface area contributed by atoms with Gasteiger partial charge in [-0.15, -0.1) is 15.0 Å². The zero-order chi connectivity index (χ0) is 18.5. The molecule has 0 saturated carbocycles. The number of benzene rings is 2. The van der Waals surface area contributed by atoms with E-state index in [2.05, 4.69) is 17.1 Å². The van der Waals surface area contributed by atoms with Gasteiger partial charge < -0.3 is 10.0 Å². The van der Waals surface area contributed by atoms with Crippen LogP contribution in [0.2, 0.25) is 0 Å². The number of carboxylic acids is 1. The molecule has 0 atom stereocenters. The summed E-state index contributed by atoms with van der Waals surface area (Å²) in [4.78, 5) is 15.1. The smallest absolute Gasteiger partial charge is 0.360 e. The maximum atomic E-state index is 11.8. The number of carbonyl (C=O) groups is 1. The van der Waals surface area contributed by atoms with Gasteiger partial charge in [0.05, 0.1) is 5.69 Å². The first-order valence-electron chi connectivity index (χ1n) is 8.71. The molecular weight excluding hydrogens is 328 g/mol. The van der Waals surface area contributed by atoms with Crippen molar-refractivity contribution >= 4 is 11.8 Å². The van der Waals surface area contributed by atoms with E-state index in [1.54, 1.807) is 0 Å². The van der Waals surface area contributed by atoms with Gasteiger partial charge in [-0.2, -0.15) is 0 Å². The van der Waals surface area contributed by atoms with Crippen LogP contribution in [0.3, 0.4) is 0 Å². The minimum atomic E-state index is -1.08. The maximum absolute atomic E-state index is 11.8. The summed E-state index contributed by atoms with van der Waals surface area (Å²) in [5.41, 5.74) is 2.93. The van der Waals surface area contributed by atoms with E-state index in [0.717, 1.165) is 23.2 Å². The predicted molar refractivity (Wildman–Crippen MR) is 101 cm³/mol. The Hall–Kier alpha value is -3.15. The van der Waals surface area contributed by atoms with Crippen LogP contribution in [0, 0.1) is 0 Å². The highest BCUT2D eigenvalue weighted by atomic mass is 16.4. The summed E-state index contributed by atoms with van der Waals surface area (Å²) >= 11 is 0. The van der Waals surface area contributed by atoms with Gasteiger partial charge in [0.15, 0.2) is 5.82 Å². The SMILES string of the molecule is CCc1ccccc1-n1nc(C(=O)O)c(N(CC)Cc2ccccc2)n1. The molecule has 0 aliphatic rings. The molecule has 1 heterocycles. The van der Waals surface area contributed by atoms with Crippen LogP contribution in [-0.2, 0) is 13.0 Å². The molecular formula is C20H22N4O2. The van der Waals surface area contributed by atoms with Crippen molar-refractivity contribution in [2.45, 2.75) is 26.8 Å². The van der Waals surface area contributed by atoms with Crippen molar-refractivity contribution < 1.29 is 9.90 Å².